The van der Waals surface area contributed by atoms with Crippen molar-refractivity contribution in [3.8, 4) is 0 Å². The van der Waals surface area contributed by atoms with E-state index in [2.05, 4.69) is 5.32 Å². The van der Waals surface area contributed by atoms with Crippen LogP contribution in [0.25, 0.3) is 0 Å². The fourth-order valence-corrected chi connectivity index (χ4v) is 2.73. The molecule has 1 atom stereocenters. The number of hydrogen-bond acceptors (Lipinski definition) is 2. The molecule has 1 aromatic rings. The monoisotopic (exact) mass is 275 g/mol. The molecule has 0 saturated heterocycles. The Labute approximate surface area is 119 Å². The Hall–Kier alpha value is -1.84. The Kier molecular flexibility index (Phi) is 4.77. The smallest absolute Gasteiger partial charge is 0.326 e. The topological polar surface area (TPSA) is 66.4 Å². The first-order chi connectivity index (χ1) is 9.63. The summed E-state index contributed by atoms with van der Waals surface area (Å²) in [5.41, 5.74) is 2.95. The second-order valence-electron chi connectivity index (χ2n) is 5.30. The van der Waals surface area contributed by atoms with Crippen molar-refractivity contribution in [2.45, 2.75) is 51.5 Å². The molecule has 1 aliphatic carbocycles. The number of nitrogens with one attached hydrogen (secondary N) is 1. The highest BCUT2D eigenvalue weighted by molar-refractivity contribution is 5.98. The second-order valence-corrected chi connectivity index (χ2v) is 5.30. The third-order valence-electron chi connectivity index (χ3n) is 3.84. The third kappa shape index (κ3) is 3.18. The lowest BCUT2D eigenvalue weighted by molar-refractivity contribution is -0.139. The van der Waals surface area contributed by atoms with E-state index in [9.17, 15) is 14.7 Å². The number of carbonyl (C=O) groups excluding carboxylic acids is 1. The minimum Gasteiger partial charge on any atom is -0.480 e. The van der Waals surface area contributed by atoms with Gasteiger partial charge in [-0.15, -0.1) is 0 Å². The van der Waals surface area contributed by atoms with E-state index in [-0.39, 0.29) is 5.91 Å². The summed E-state index contributed by atoms with van der Waals surface area (Å²) in [5, 5.41) is 11.8. The Bertz CT molecular complexity index is 510. The van der Waals surface area contributed by atoms with Crippen LogP contribution in [0.3, 0.4) is 0 Å². The van der Waals surface area contributed by atoms with Crippen molar-refractivity contribution in [3.05, 3.63) is 34.9 Å². The van der Waals surface area contributed by atoms with E-state index in [0.29, 0.717) is 12.0 Å². The summed E-state index contributed by atoms with van der Waals surface area (Å²) < 4.78 is 0. The summed E-state index contributed by atoms with van der Waals surface area (Å²) in [5.74, 6) is -1.22. The number of fused-ring (bicyclic) bond motifs is 1. The maximum Gasteiger partial charge on any atom is 0.326 e. The zero-order valence-corrected chi connectivity index (χ0v) is 11.8. The minimum atomic E-state index is -0.959. The molecule has 1 aromatic carbocycles. The van der Waals surface area contributed by atoms with Crippen LogP contribution in [-0.4, -0.2) is 23.0 Å². The predicted molar refractivity (Wildman–Crippen MR) is 76.9 cm³/mol. The first-order valence-electron chi connectivity index (χ1n) is 7.28. The molecule has 0 fully saturated rings. The average Bonchev–Trinajstić information content (AvgIpc) is 2.90. The van der Waals surface area contributed by atoms with Gasteiger partial charge in [0.15, 0.2) is 0 Å². The molecule has 0 saturated carbocycles. The van der Waals surface area contributed by atoms with Gasteiger partial charge in [-0.1, -0.05) is 31.9 Å². The highest BCUT2D eigenvalue weighted by Crippen LogP contribution is 2.25. The fourth-order valence-electron chi connectivity index (χ4n) is 2.73. The highest BCUT2D eigenvalue weighted by Gasteiger charge is 2.23. The van der Waals surface area contributed by atoms with E-state index in [1.54, 1.807) is 6.07 Å². The molecule has 1 aliphatic rings. The number of amides is 1. The number of hydrogen-bond donors (Lipinski definition) is 2. The lowest BCUT2D eigenvalue weighted by Crippen LogP contribution is -2.41. The molecule has 0 aromatic heterocycles. The Morgan fingerprint density at radius 2 is 2.15 bits per heavy atom. The molecule has 2 rings (SSSR count). The minimum absolute atomic E-state index is 0.257. The van der Waals surface area contributed by atoms with Crippen LogP contribution in [-0.2, 0) is 17.6 Å². The predicted octanol–water partition coefficient (Wildman–Crippen LogP) is 2.55. The maximum atomic E-state index is 12.3. The molecule has 0 unspecified atom stereocenters. The summed E-state index contributed by atoms with van der Waals surface area (Å²) in [4.78, 5) is 23.5. The van der Waals surface area contributed by atoms with Crippen molar-refractivity contribution < 1.29 is 14.7 Å². The summed E-state index contributed by atoms with van der Waals surface area (Å²) in [7, 11) is 0. The summed E-state index contributed by atoms with van der Waals surface area (Å²) in [6.07, 6.45) is 5.18. The van der Waals surface area contributed by atoms with E-state index in [1.165, 1.54) is 5.56 Å². The molecule has 2 N–H and O–H groups in total. The molecule has 0 bridgehead atoms. The molecule has 0 radical (unpaired) electrons. The zero-order chi connectivity index (χ0) is 14.5. The lowest BCUT2D eigenvalue weighted by Gasteiger charge is -2.15. The van der Waals surface area contributed by atoms with Crippen molar-refractivity contribution >= 4 is 11.9 Å². The maximum absolute atomic E-state index is 12.3. The Morgan fingerprint density at radius 3 is 2.85 bits per heavy atom. The fraction of sp³-hybridized carbons (Fsp3) is 0.500. The first kappa shape index (κ1) is 14.6. The average molecular weight is 275 g/mol. The lowest BCUT2D eigenvalue weighted by atomic mass is 10.0. The van der Waals surface area contributed by atoms with Gasteiger partial charge < -0.3 is 10.4 Å². The Balaban J connectivity index is 2.11. The van der Waals surface area contributed by atoms with Gasteiger partial charge in [-0.25, -0.2) is 4.79 Å². The SMILES string of the molecule is CCCC[C@H](NC(=O)c1cccc2c1CCC2)C(=O)O. The van der Waals surface area contributed by atoms with Crippen LogP contribution in [0.15, 0.2) is 18.2 Å². The van der Waals surface area contributed by atoms with Gasteiger partial charge in [0, 0.05) is 5.56 Å². The first-order valence-corrected chi connectivity index (χ1v) is 7.28. The van der Waals surface area contributed by atoms with E-state index in [0.717, 1.165) is 37.7 Å². The van der Waals surface area contributed by atoms with Crippen LogP contribution in [0.5, 0.6) is 0 Å². The number of unbranched alkanes of at least 4 members (excludes halogenated alkanes) is 1. The number of carboxylic acids is 1. The molecule has 4 nitrogen and oxygen atoms in total. The highest BCUT2D eigenvalue weighted by atomic mass is 16.4. The van der Waals surface area contributed by atoms with Crippen molar-refractivity contribution in [2.24, 2.45) is 0 Å². The van der Waals surface area contributed by atoms with Crippen molar-refractivity contribution in [3.63, 3.8) is 0 Å². The second kappa shape index (κ2) is 6.55. The number of benzene rings is 1. The van der Waals surface area contributed by atoms with Gasteiger partial charge in [0.05, 0.1) is 0 Å². The normalized spacial score (nSPS) is 14.7. The van der Waals surface area contributed by atoms with Crippen LogP contribution >= 0.6 is 0 Å². The van der Waals surface area contributed by atoms with E-state index < -0.39 is 12.0 Å². The molecular weight excluding hydrogens is 254 g/mol. The van der Waals surface area contributed by atoms with Gasteiger partial charge in [0.25, 0.3) is 5.91 Å². The zero-order valence-electron chi connectivity index (χ0n) is 11.8. The van der Waals surface area contributed by atoms with Gasteiger partial charge in [-0.2, -0.15) is 0 Å². The molecule has 4 heteroatoms. The number of carbonyl (C=O) groups is 2. The summed E-state index contributed by atoms with van der Waals surface area (Å²) >= 11 is 0. The van der Waals surface area contributed by atoms with E-state index in [4.69, 9.17) is 0 Å². The van der Waals surface area contributed by atoms with Crippen LogP contribution < -0.4 is 5.32 Å². The van der Waals surface area contributed by atoms with Crippen molar-refractivity contribution in [1.82, 2.24) is 5.32 Å². The van der Waals surface area contributed by atoms with Gasteiger partial charge in [0.2, 0.25) is 0 Å². The summed E-state index contributed by atoms with van der Waals surface area (Å²) in [6, 6.07) is 4.92. The largest absolute Gasteiger partial charge is 0.480 e. The molecule has 0 spiro atoms. The molecular formula is C16H21NO3. The molecule has 0 heterocycles. The number of carboxylic acid groups (broad SMARTS) is 1. The number of aliphatic carboxylic acids is 1. The summed E-state index contributed by atoms with van der Waals surface area (Å²) in [6.45, 7) is 2.00. The van der Waals surface area contributed by atoms with Crippen LogP contribution in [0.2, 0.25) is 0 Å². The standard InChI is InChI=1S/C16H21NO3/c1-2-3-10-14(16(19)20)17-15(18)13-9-5-7-11-6-4-8-12(11)13/h5,7,9,14H,2-4,6,8,10H2,1H3,(H,17,18)(H,19,20)/t14-/m0/s1. The van der Waals surface area contributed by atoms with Crippen LogP contribution in [0.4, 0.5) is 0 Å². The van der Waals surface area contributed by atoms with E-state index in [1.807, 2.05) is 19.1 Å². The molecule has 1 amide bonds. The molecule has 20 heavy (non-hydrogen) atoms. The van der Waals surface area contributed by atoms with Gasteiger partial charge >= 0.3 is 5.97 Å². The van der Waals surface area contributed by atoms with Gasteiger partial charge in [-0.05, 0) is 42.9 Å². The number of rotatable bonds is 6. The van der Waals surface area contributed by atoms with Gasteiger partial charge in [-0.3, -0.25) is 4.79 Å². The van der Waals surface area contributed by atoms with Crippen molar-refractivity contribution in [1.29, 1.82) is 0 Å². The van der Waals surface area contributed by atoms with E-state index >= 15 is 0 Å². The third-order valence-corrected chi connectivity index (χ3v) is 3.84. The van der Waals surface area contributed by atoms with Crippen molar-refractivity contribution in [2.75, 3.05) is 0 Å². The van der Waals surface area contributed by atoms with Gasteiger partial charge in [0.1, 0.15) is 6.04 Å². The molecule has 0 aliphatic heterocycles. The number of aryl methyl sites for hydroxylation is 1. The molecule has 108 valence electrons. The van der Waals surface area contributed by atoms with Crippen LogP contribution in [0.1, 0.15) is 54.1 Å². The van der Waals surface area contributed by atoms with Crippen LogP contribution in [0, 0.1) is 0 Å². The quantitative estimate of drug-likeness (QED) is 0.838. The Morgan fingerprint density at radius 1 is 1.35 bits per heavy atom.